The van der Waals surface area contributed by atoms with Crippen molar-refractivity contribution < 1.29 is 9.18 Å². The maximum Gasteiger partial charge on any atom is 0.263 e. The molecule has 0 saturated heterocycles. The van der Waals surface area contributed by atoms with Gasteiger partial charge in [0.1, 0.15) is 10.7 Å². The van der Waals surface area contributed by atoms with E-state index in [9.17, 15) is 9.18 Å². The highest BCUT2D eigenvalue weighted by Gasteiger charge is 2.37. The molecule has 5 heteroatoms. The molecule has 3 rings (SSSR count). The zero-order valence-corrected chi connectivity index (χ0v) is 12.1. The van der Waals surface area contributed by atoms with Crippen LogP contribution in [0.4, 0.5) is 10.1 Å². The summed E-state index contributed by atoms with van der Waals surface area (Å²) in [6, 6.07) is 4.72. The number of amides is 1. The Bertz CT molecular complexity index is 667. The highest BCUT2D eigenvalue weighted by Crippen LogP contribution is 2.37. The van der Waals surface area contributed by atoms with Gasteiger partial charge in [0.25, 0.3) is 5.91 Å². The minimum atomic E-state index is -0.334. The van der Waals surface area contributed by atoms with Crippen molar-refractivity contribution in [2.24, 2.45) is 5.92 Å². The number of carbonyl (C=O) groups excluding carboxylic acids is 1. The zero-order chi connectivity index (χ0) is 14.3. The second-order valence-electron chi connectivity index (χ2n) is 5.35. The Labute approximate surface area is 121 Å². The van der Waals surface area contributed by atoms with Crippen molar-refractivity contribution in [1.82, 2.24) is 5.32 Å². The summed E-state index contributed by atoms with van der Waals surface area (Å²) in [4.78, 5) is 12.7. The van der Waals surface area contributed by atoms with Crippen molar-refractivity contribution in [1.29, 1.82) is 0 Å². The molecule has 2 atom stereocenters. The molecule has 2 aromatic rings. The van der Waals surface area contributed by atoms with Crippen molar-refractivity contribution in [3.8, 4) is 0 Å². The third-order valence-corrected chi connectivity index (χ3v) is 4.98. The molecule has 20 heavy (non-hydrogen) atoms. The van der Waals surface area contributed by atoms with Gasteiger partial charge in [0.15, 0.2) is 0 Å². The molecular weight excluding hydrogens is 275 g/mol. The number of hydrogen-bond donors (Lipinski definition) is 2. The SMILES string of the molecule is CCCC1CC1NC(=O)c1sc2ccc(F)cc2c1N. The minimum Gasteiger partial charge on any atom is -0.397 e. The lowest BCUT2D eigenvalue weighted by Gasteiger charge is -2.03. The number of benzene rings is 1. The molecule has 1 heterocycles. The molecule has 0 radical (unpaired) electrons. The van der Waals surface area contributed by atoms with Crippen LogP contribution in [0.5, 0.6) is 0 Å². The average molecular weight is 292 g/mol. The number of anilines is 1. The van der Waals surface area contributed by atoms with Gasteiger partial charge >= 0.3 is 0 Å². The van der Waals surface area contributed by atoms with Gasteiger partial charge in [-0.05, 0) is 37.0 Å². The molecule has 1 aromatic heterocycles. The molecule has 0 aliphatic heterocycles. The van der Waals surface area contributed by atoms with Crippen LogP contribution in [0.25, 0.3) is 10.1 Å². The van der Waals surface area contributed by atoms with Gasteiger partial charge in [-0.25, -0.2) is 4.39 Å². The van der Waals surface area contributed by atoms with E-state index in [-0.39, 0.29) is 17.8 Å². The third kappa shape index (κ3) is 2.38. The summed E-state index contributed by atoms with van der Waals surface area (Å²) in [5.41, 5.74) is 6.37. The summed E-state index contributed by atoms with van der Waals surface area (Å²) in [6.45, 7) is 2.15. The van der Waals surface area contributed by atoms with Crippen molar-refractivity contribution in [3.05, 3.63) is 28.9 Å². The largest absolute Gasteiger partial charge is 0.397 e. The first kappa shape index (κ1) is 13.4. The maximum atomic E-state index is 13.2. The number of thiophene rings is 1. The fourth-order valence-corrected chi connectivity index (χ4v) is 3.61. The predicted molar refractivity (Wildman–Crippen MR) is 80.5 cm³/mol. The normalized spacial score (nSPS) is 21.1. The third-order valence-electron chi connectivity index (χ3n) is 3.79. The summed E-state index contributed by atoms with van der Waals surface area (Å²) < 4.78 is 14.1. The van der Waals surface area contributed by atoms with Crippen molar-refractivity contribution in [3.63, 3.8) is 0 Å². The van der Waals surface area contributed by atoms with Crippen molar-refractivity contribution >= 4 is 33.0 Å². The first-order valence-corrected chi connectivity index (χ1v) is 7.70. The van der Waals surface area contributed by atoms with Gasteiger partial charge < -0.3 is 11.1 Å². The molecule has 1 amide bonds. The van der Waals surface area contributed by atoms with Crippen LogP contribution in [0.3, 0.4) is 0 Å². The Kier molecular flexibility index (Phi) is 3.38. The summed E-state index contributed by atoms with van der Waals surface area (Å²) >= 11 is 1.32. The molecule has 1 aliphatic carbocycles. The summed E-state index contributed by atoms with van der Waals surface area (Å²) in [7, 11) is 0. The van der Waals surface area contributed by atoms with Gasteiger partial charge in [-0.3, -0.25) is 4.79 Å². The summed E-state index contributed by atoms with van der Waals surface area (Å²) in [5.74, 6) is 0.142. The number of fused-ring (bicyclic) bond motifs is 1. The van der Waals surface area contributed by atoms with E-state index in [1.54, 1.807) is 6.07 Å². The van der Waals surface area contributed by atoms with Crippen LogP contribution in [-0.4, -0.2) is 11.9 Å². The number of hydrogen-bond acceptors (Lipinski definition) is 3. The Morgan fingerprint density at radius 3 is 3.10 bits per heavy atom. The second kappa shape index (κ2) is 5.05. The molecule has 1 fully saturated rings. The lowest BCUT2D eigenvalue weighted by Crippen LogP contribution is -2.26. The van der Waals surface area contributed by atoms with Crippen LogP contribution in [0.2, 0.25) is 0 Å². The zero-order valence-electron chi connectivity index (χ0n) is 11.3. The molecule has 3 nitrogen and oxygen atoms in total. The Morgan fingerprint density at radius 1 is 1.55 bits per heavy atom. The Balaban J connectivity index is 1.80. The van der Waals surface area contributed by atoms with Crippen LogP contribution in [0.1, 0.15) is 35.9 Å². The predicted octanol–water partition coefficient (Wildman–Crippen LogP) is 3.54. The molecule has 3 N–H and O–H groups in total. The minimum absolute atomic E-state index is 0.132. The number of nitrogens with one attached hydrogen (secondary N) is 1. The lowest BCUT2D eigenvalue weighted by atomic mass is 10.2. The average Bonchev–Trinajstić information content (AvgIpc) is 3.05. The highest BCUT2D eigenvalue weighted by molar-refractivity contribution is 7.21. The number of carbonyl (C=O) groups is 1. The summed E-state index contributed by atoms with van der Waals surface area (Å²) in [5, 5.41) is 3.65. The number of nitrogens with two attached hydrogens (primary N) is 1. The van der Waals surface area contributed by atoms with E-state index >= 15 is 0 Å². The van der Waals surface area contributed by atoms with E-state index in [0.29, 0.717) is 21.9 Å². The number of halogens is 1. The van der Waals surface area contributed by atoms with Gasteiger partial charge in [-0.2, -0.15) is 0 Å². The number of rotatable bonds is 4. The van der Waals surface area contributed by atoms with E-state index < -0.39 is 0 Å². The smallest absolute Gasteiger partial charge is 0.263 e. The van der Waals surface area contributed by atoms with Crippen molar-refractivity contribution in [2.45, 2.75) is 32.2 Å². The lowest BCUT2D eigenvalue weighted by molar-refractivity contribution is 0.0953. The summed E-state index contributed by atoms with van der Waals surface area (Å²) in [6.07, 6.45) is 3.35. The standard InChI is InChI=1S/C15H17FN2OS/c1-2-3-8-6-11(8)18-15(19)14-13(17)10-7-9(16)4-5-12(10)20-14/h4-5,7-8,11H,2-3,6,17H2,1H3,(H,18,19). The monoisotopic (exact) mass is 292 g/mol. The first-order chi connectivity index (χ1) is 9.60. The van der Waals surface area contributed by atoms with Gasteiger partial charge in [0.2, 0.25) is 0 Å². The topological polar surface area (TPSA) is 55.1 Å². The van der Waals surface area contributed by atoms with Crippen LogP contribution in [0, 0.1) is 11.7 Å². The van der Waals surface area contributed by atoms with E-state index in [1.807, 2.05) is 0 Å². The van der Waals surface area contributed by atoms with E-state index in [4.69, 9.17) is 5.73 Å². The van der Waals surface area contributed by atoms with Crippen LogP contribution < -0.4 is 11.1 Å². The van der Waals surface area contributed by atoms with E-state index in [0.717, 1.165) is 24.0 Å². The number of nitrogen functional groups attached to an aromatic ring is 1. The molecule has 0 spiro atoms. The highest BCUT2D eigenvalue weighted by atomic mass is 32.1. The molecule has 1 saturated carbocycles. The van der Waals surface area contributed by atoms with E-state index in [2.05, 4.69) is 12.2 Å². The molecule has 0 bridgehead atoms. The molecule has 106 valence electrons. The van der Waals surface area contributed by atoms with Gasteiger partial charge in [0.05, 0.1) is 5.69 Å². The van der Waals surface area contributed by atoms with Gasteiger partial charge in [0, 0.05) is 16.1 Å². The van der Waals surface area contributed by atoms with Gasteiger partial charge in [-0.1, -0.05) is 13.3 Å². The van der Waals surface area contributed by atoms with Crippen LogP contribution in [-0.2, 0) is 0 Å². The van der Waals surface area contributed by atoms with Crippen molar-refractivity contribution in [2.75, 3.05) is 5.73 Å². The first-order valence-electron chi connectivity index (χ1n) is 6.88. The van der Waals surface area contributed by atoms with E-state index in [1.165, 1.54) is 23.5 Å². The molecular formula is C15H17FN2OS. The molecule has 1 aromatic carbocycles. The quantitative estimate of drug-likeness (QED) is 0.905. The Hall–Kier alpha value is -1.62. The fourth-order valence-electron chi connectivity index (χ4n) is 2.61. The Morgan fingerprint density at radius 2 is 2.35 bits per heavy atom. The van der Waals surface area contributed by atoms with Crippen LogP contribution >= 0.6 is 11.3 Å². The maximum absolute atomic E-state index is 13.2. The van der Waals surface area contributed by atoms with Crippen LogP contribution in [0.15, 0.2) is 18.2 Å². The van der Waals surface area contributed by atoms with Gasteiger partial charge in [-0.15, -0.1) is 11.3 Å². The second-order valence-corrected chi connectivity index (χ2v) is 6.40. The fraction of sp³-hybridized carbons (Fsp3) is 0.400. The molecule has 1 aliphatic rings. The molecule has 2 unspecified atom stereocenters.